The molecule has 0 radical (unpaired) electrons. The molecule has 6 nitrogen and oxygen atoms in total. The number of carbonyl (C=O) groups excluding carboxylic acids is 1. The molecule has 3 aromatic heterocycles. The van der Waals surface area contributed by atoms with Gasteiger partial charge >= 0.3 is 0 Å². The Bertz CT molecular complexity index is 804. The third kappa shape index (κ3) is 3.62. The quantitative estimate of drug-likeness (QED) is 0.713. The van der Waals surface area contributed by atoms with Crippen molar-refractivity contribution in [1.29, 1.82) is 0 Å². The molecule has 0 spiro atoms. The van der Waals surface area contributed by atoms with Crippen LogP contribution < -0.4 is 4.90 Å². The van der Waals surface area contributed by atoms with Crippen LogP contribution in [0.15, 0.2) is 49.1 Å². The summed E-state index contributed by atoms with van der Waals surface area (Å²) in [5.74, 6) is 0.188. The van der Waals surface area contributed by atoms with E-state index >= 15 is 0 Å². The highest BCUT2D eigenvalue weighted by Gasteiger charge is 2.23. The first kappa shape index (κ1) is 16.2. The Balaban J connectivity index is 1.92. The van der Waals surface area contributed by atoms with Crippen molar-refractivity contribution in [3.63, 3.8) is 0 Å². The van der Waals surface area contributed by atoms with E-state index in [0.717, 1.165) is 10.6 Å². The molecule has 1 amide bonds. The van der Waals surface area contributed by atoms with Crippen molar-refractivity contribution in [2.45, 2.75) is 13.8 Å². The van der Waals surface area contributed by atoms with Gasteiger partial charge in [0.25, 0.3) is 5.91 Å². The van der Waals surface area contributed by atoms with Crippen LogP contribution in [-0.4, -0.2) is 32.6 Å². The molecule has 7 heteroatoms. The third-order valence-electron chi connectivity index (χ3n) is 3.27. The van der Waals surface area contributed by atoms with Gasteiger partial charge in [0, 0.05) is 36.9 Å². The molecular formula is C17H17N5OS. The third-order valence-corrected chi connectivity index (χ3v) is 4.27. The lowest BCUT2D eigenvalue weighted by Gasteiger charge is -2.21. The topological polar surface area (TPSA) is 71.9 Å². The summed E-state index contributed by atoms with van der Waals surface area (Å²) < 4.78 is 0. The van der Waals surface area contributed by atoms with Crippen molar-refractivity contribution in [3.8, 4) is 10.6 Å². The van der Waals surface area contributed by atoms with Crippen molar-refractivity contribution >= 4 is 22.4 Å². The number of amides is 1. The summed E-state index contributed by atoms with van der Waals surface area (Å²) in [6.45, 7) is 4.70. The maximum absolute atomic E-state index is 12.8. The monoisotopic (exact) mass is 339 g/mol. The molecule has 0 aliphatic carbocycles. The average molecular weight is 339 g/mol. The SMILES string of the molecule is CC(C)CN(C(=O)c1cccnc1)c1nnc(-c2ccncc2)s1. The van der Waals surface area contributed by atoms with Crippen LogP contribution in [0.5, 0.6) is 0 Å². The van der Waals surface area contributed by atoms with Crippen LogP contribution in [0, 0.1) is 5.92 Å². The van der Waals surface area contributed by atoms with E-state index in [0.29, 0.717) is 23.2 Å². The van der Waals surface area contributed by atoms with Gasteiger partial charge in [-0.3, -0.25) is 19.7 Å². The molecule has 3 heterocycles. The average Bonchev–Trinajstić information content (AvgIpc) is 3.10. The summed E-state index contributed by atoms with van der Waals surface area (Å²) in [6.07, 6.45) is 6.64. The van der Waals surface area contributed by atoms with Crippen LogP contribution in [0.3, 0.4) is 0 Å². The first-order valence-corrected chi connectivity index (χ1v) is 8.42. The van der Waals surface area contributed by atoms with E-state index in [1.54, 1.807) is 41.8 Å². The number of aromatic nitrogens is 4. The molecule has 122 valence electrons. The van der Waals surface area contributed by atoms with Gasteiger partial charge in [0.05, 0.1) is 5.56 Å². The highest BCUT2D eigenvalue weighted by Crippen LogP contribution is 2.29. The molecule has 0 aliphatic heterocycles. The number of rotatable bonds is 5. The van der Waals surface area contributed by atoms with E-state index in [1.165, 1.54) is 11.3 Å². The lowest BCUT2D eigenvalue weighted by atomic mass is 10.2. The lowest BCUT2D eigenvalue weighted by Crippen LogP contribution is -2.34. The number of anilines is 1. The largest absolute Gasteiger partial charge is 0.282 e. The Morgan fingerprint density at radius 2 is 1.92 bits per heavy atom. The van der Waals surface area contributed by atoms with Crippen molar-refractivity contribution in [3.05, 3.63) is 54.6 Å². The second-order valence-corrected chi connectivity index (χ2v) is 6.63. The molecule has 0 aromatic carbocycles. The summed E-state index contributed by atoms with van der Waals surface area (Å²) in [5.41, 5.74) is 1.48. The highest BCUT2D eigenvalue weighted by molar-refractivity contribution is 7.18. The molecule has 0 unspecified atom stereocenters. The van der Waals surface area contributed by atoms with Gasteiger partial charge in [-0.05, 0) is 30.2 Å². The maximum atomic E-state index is 12.8. The zero-order valence-corrected chi connectivity index (χ0v) is 14.3. The van der Waals surface area contributed by atoms with E-state index in [-0.39, 0.29) is 5.91 Å². The van der Waals surface area contributed by atoms with Crippen molar-refractivity contribution in [2.75, 3.05) is 11.4 Å². The molecule has 3 aromatic rings. The Morgan fingerprint density at radius 1 is 1.12 bits per heavy atom. The van der Waals surface area contributed by atoms with E-state index in [1.807, 2.05) is 12.1 Å². The Morgan fingerprint density at radius 3 is 2.58 bits per heavy atom. The normalized spacial score (nSPS) is 10.8. The molecule has 0 bridgehead atoms. The second-order valence-electron chi connectivity index (χ2n) is 5.68. The van der Waals surface area contributed by atoms with Gasteiger partial charge in [0.1, 0.15) is 5.01 Å². The van der Waals surface area contributed by atoms with Crippen molar-refractivity contribution in [2.24, 2.45) is 5.92 Å². The van der Waals surface area contributed by atoms with Crippen LogP contribution in [0.2, 0.25) is 0 Å². The fourth-order valence-corrected chi connectivity index (χ4v) is 3.05. The first-order valence-electron chi connectivity index (χ1n) is 7.61. The second kappa shape index (κ2) is 7.27. The van der Waals surface area contributed by atoms with Gasteiger partial charge in [-0.25, -0.2) is 0 Å². The van der Waals surface area contributed by atoms with Gasteiger partial charge in [-0.2, -0.15) is 0 Å². The summed E-state index contributed by atoms with van der Waals surface area (Å²) in [6, 6.07) is 7.26. The van der Waals surface area contributed by atoms with Gasteiger partial charge in [0.15, 0.2) is 0 Å². The number of hydrogen-bond donors (Lipinski definition) is 0. The van der Waals surface area contributed by atoms with Crippen molar-refractivity contribution in [1.82, 2.24) is 20.2 Å². The zero-order valence-electron chi connectivity index (χ0n) is 13.5. The molecule has 0 atom stereocenters. The number of pyridine rings is 2. The number of nitrogens with zero attached hydrogens (tertiary/aromatic N) is 5. The van der Waals surface area contributed by atoms with Crippen LogP contribution in [0.1, 0.15) is 24.2 Å². The summed E-state index contributed by atoms with van der Waals surface area (Å²) in [5, 5.41) is 9.80. The molecule has 0 saturated heterocycles. The number of hydrogen-bond acceptors (Lipinski definition) is 6. The minimum absolute atomic E-state index is 0.116. The molecule has 0 N–H and O–H groups in total. The van der Waals surface area contributed by atoms with Crippen LogP contribution in [0.4, 0.5) is 5.13 Å². The Labute approximate surface area is 144 Å². The molecule has 0 aliphatic rings. The van der Waals surface area contributed by atoms with Gasteiger partial charge in [0.2, 0.25) is 5.13 Å². The van der Waals surface area contributed by atoms with Gasteiger partial charge in [-0.1, -0.05) is 25.2 Å². The standard InChI is InChI=1S/C17H17N5OS/c1-12(2)11-22(16(23)14-4-3-7-19-10-14)17-21-20-15(24-17)13-5-8-18-9-6-13/h3-10,12H,11H2,1-2H3. The van der Waals surface area contributed by atoms with E-state index < -0.39 is 0 Å². The van der Waals surface area contributed by atoms with Gasteiger partial charge in [-0.15, -0.1) is 10.2 Å². The Kier molecular flexibility index (Phi) is 4.90. The summed E-state index contributed by atoms with van der Waals surface area (Å²) in [4.78, 5) is 22.5. The molecular weight excluding hydrogens is 322 g/mol. The smallest absolute Gasteiger partial charge is 0.261 e. The van der Waals surface area contributed by atoms with Gasteiger partial charge < -0.3 is 0 Å². The van der Waals surface area contributed by atoms with E-state index in [9.17, 15) is 4.79 Å². The molecule has 0 saturated carbocycles. The van der Waals surface area contributed by atoms with Crippen LogP contribution in [0.25, 0.3) is 10.6 Å². The van der Waals surface area contributed by atoms with Crippen molar-refractivity contribution < 1.29 is 4.79 Å². The van der Waals surface area contributed by atoms with E-state index in [4.69, 9.17) is 0 Å². The zero-order chi connectivity index (χ0) is 16.9. The van der Waals surface area contributed by atoms with Crippen LogP contribution in [-0.2, 0) is 0 Å². The summed E-state index contributed by atoms with van der Waals surface area (Å²) in [7, 11) is 0. The highest BCUT2D eigenvalue weighted by atomic mass is 32.1. The predicted molar refractivity (Wildman–Crippen MR) is 93.9 cm³/mol. The maximum Gasteiger partial charge on any atom is 0.261 e. The lowest BCUT2D eigenvalue weighted by molar-refractivity contribution is 0.0983. The molecule has 0 fully saturated rings. The fourth-order valence-electron chi connectivity index (χ4n) is 2.19. The van der Waals surface area contributed by atoms with Crippen LogP contribution >= 0.6 is 11.3 Å². The number of carbonyl (C=O) groups is 1. The molecule has 3 rings (SSSR count). The molecule has 24 heavy (non-hydrogen) atoms. The first-order chi connectivity index (χ1) is 11.6. The van der Waals surface area contributed by atoms with E-state index in [2.05, 4.69) is 34.0 Å². The minimum atomic E-state index is -0.116. The Hall–Kier alpha value is -2.67. The summed E-state index contributed by atoms with van der Waals surface area (Å²) >= 11 is 1.39. The fraction of sp³-hybridized carbons (Fsp3) is 0.235. The predicted octanol–water partition coefficient (Wildman–Crippen LogP) is 3.30. The minimum Gasteiger partial charge on any atom is -0.282 e.